The number of nitrogens with zero attached hydrogens (tertiary/aromatic N) is 1. The Morgan fingerprint density at radius 3 is 2.50 bits per heavy atom. The van der Waals surface area contributed by atoms with Crippen LogP contribution in [0.4, 0.5) is 14.6 Å². The molecule has 4 heteroatoms. The Hall–Kier alpha value is -1.71. The molecule has 2 nitrogen and oxygen atoms in total. The first kappa shape index (κ1) is 12.7. The number of fused-ring (bicyclic) bond motifs is 1. The van der Waals surface area contributed by atoms with E-state index < -0.39 is 11.6 Å². The maximum Gasteiger partial charge on any atom is 0.161 e. The summed E-state index contributed by atoms with van der Waals surface area (Å²) in [6, 6.07) is 4.20. The summed E-state index contributed by atoms with van der Waals surface area (Å²) in [7, 11) is 0. The van der Waals surface area contributed by atoms with Gasteiger partial charge in [-0.25, -0.2) is 13.8 Å². The smallest absolute Gasteiger partial charge is 0.161 e. The first-order valence-electron chi connectivity index (χ1n) is 6.18. The van der Waals surface area contributed by atoms with Crippen molar-refractivity contribution >= 4 is 16.7 Å². The summed E-state index contributed by atoms with van der Waals surface area (Å²) in [6.07, 6.45) is 1.79. The summed E-state index contributed by atoms with van der Waals surface area (Å²) in [5.74, 6) is -0.931. The first-order chi connectivity index (χ1) is 8.65. The number of halogens is 2. The van der Waals surface area contributed by atoms with Crippen LogP contribution in [0, 0.1) is 11.6 Å². The zero-order valence-corrected chi connectivity index (χ0v) is 10.6. The average molecular weight is 250 g/mol. The zero-order valence-electron chi connectivity index (χ0n) is 10.6. The third-order valence-electron chi connectivity index (χ3n) is 2.86. The second-order valence-corrected chi connectivity index (χ2v) is 4.24. The second kappa shape index (κ2) is 5.29. The number of rotatable bonds is 4. The molecule has 0 saturated heterocycles. The topological polar surface area (TPSA) is 24.9 Å². The van der Waals surface area contributed by atoms with Crippen molar-refractivity contribution in [3.05, 3.63) is 35.4 Å². The van der Waals surface area contributed by atoms with Gasteiger partial charge in [-0.15, -0.1) is 0 Å². The molecule has 2 rings (SSSR count). The number of anilines is 1. The molecule has 0 aliphatic heterocycles. The number of aryl methyl sites for hydroxylation is 1. The summed E-state index contributed by atoms with van der Waals surface area (Å²) in [4.78, 5) is 4.37. The Morgan fingerprint density at radius 1 is 1.11 bits per heavy atom. The lowest BCUT2D eigenvalue weighted by Crippen LogP contribution is -2.05. The van der Waals surface area contributed by atoms with E-state index >= 15 is 0 Å². The van der Waals surface area contributed by atoms with Gasteiger partial charge in [0.2, 0.25) is 0 Å². The minimum Gasteiger partial charge on any atom is -0.370 e. The normalized spacial score (nSPS) is 10.9. The third-order valence-corrected chi connectivity index (χ3v) is 2.86. The molecule has 2 aromatic rings. The monoisotopic (exact) mass is 250 g/mol. The highest BCUT2D eigenvalue weighted by molar-refractivity contribution is 5.82. The molecule has 1 aromatic carbocycles. The van der Waals surface area contributed by atoms with Crippen molar-refractivity contribution in [1.82, 2.24) is 4.98 Å². The van der Waals surface area contributed by atoms with E-state index in [1.807, 2.05) is 13.0 Å². The molecule has 0 saturated carbocycles. The molecule has 0 aliphatic rings. The van der Waals surface area contributed by atoms with Crippen molar-refractivity contribution < 1.29 is 8.78 Å². The van der Waals surface area contributed by atoms with Gasteiger partial charge in [-0.05, 0) is 30.5 Å². The van der Waals surface area contributed by atoms with Crippen LogP contribution in [0.3, 0.4) is 0 Å². The Bertz CT molecular complexity index is 567. The van der Waals surface area contributed by atoms with E-state index in [2.05, 4.69) is 17.2 Å². The Labute approximate surface area is 105 Å². The number of hydrogen-bond donors (Lipinski definition) is 1. The van der Waals surface area contributed by atoms with Gasteiger partial charge in [-0.3, -0.25) is 0 Å². The molecule has 0 spiro atoms. The Balaban J connectivity index is 2.54. The zero-order chi connectivity index (χ0) is 13.1. The SMILES string of the molecule is CCCNc1nc2cc(F)c(F)cc2cc1CC. The van der Waals surface area contributed by atoms with Gasteiger partial charge in [0.05, 0.1) is 5.52 Å². The van der Waals surface area contributed by atoms with Crippen LogP contribution >= 0.6 is 0 Å². The van der Waals surface area contributed by atoms with Crippen LogP contribution in [0.1, 0.15) is 25.8 Å². The van der Waals surface area contributed by atoms with E-state index in [9.17, 15) is 8.78 Å². The summed E-state index contributed by atoms with van der Waals surface area (Å²) in [6.45, 7) is 4.89. The highest BCUT2D eigenvalue weighted by Crippen LogP contribution is 2.23. The lowest BCUT2D eigenvalue weighted by Gasteiger charge is -2.11. The fraction of sp³-hybridized carbons (Fsp3) is 0.357. The maximum absolute atomic E-state index is 13.2. The van der Waals surface area contributed by atoms with Gasteiger partial charge >= 0.3 is 0 Å². The lowest BCUT2D eigenvalue weighted by molar-refractivity contribution is 0.510. The van der Waals surface area contributed by atoms with Crippen LogP contribution in [0.15, 0.2) is 18.2 Å². The van der Waals surface area contributed by atoms with Crippen molar-refractivity contribution in [3.8, 4) is 0 Å². The van der Waals surface area contributed by atoms with Crippen LogP contribution in [0.5, 0.6) is 0 Å². The van der Waals surface area contributed by atoms with E-state index in [1.165, 1.54) is 6.07 Å². The molecule has 0 unspecified atom stereocenters. The van der Waals surface area contributed by atoms with Crippen molar-refractivity contribution in [2.75, 3.05) is 11.9 Å². The molecule has 18 heavy (non-hydrogen) atoms. The predicted molar refractivity (Wildman–Crippen MR) is 69.8 cm³/mol. The molecule has 1 heterocycles. The lowest BCUT2D eigenvalue weighted by atomic mass is 10.1. The van der Waals surface area contributed by atoms with Crippen molar-refractivity contribution in [3.63, 3.8) is 0 Å². The van der Waals surface area contributed by atoms with Gasteiger partial charge < -0.3 is 5.32 Å². The van der Waals surface area contributed by atoms with Crippen molar-refractivity contribution in [2.45, 2.75) is 26.7 Å². The highest BCUT2D eigenvalue weighted by atomic mass is 19.2. The van der Waals surface area contributed by atoms with E-state index in [4.69, 9.17) is 0 Å². The molecular formula is C14H16F2N2. The number of nitrogens with one attached hydrogen (secondary N) is 1. The van der Waals surface area contributed by atoms with Gasteiger partial charge in [0.25, 0.3) is 0 Å². The largest absolute Gasteiger partial charge is 0.370 e. The molecule has 96 valence electrons. The van der Waals surface area contributed by atoms with Gasteiger partial charge in [0.15, 0.2) is 11.6 Å². The van der Waals surface area contributed by atoms with Gasteiger partial charge in [0.1, 0.15) is 5.82 Å². The summed E-state index contributed by atoms with van der Waals surface area (Å²) in [5, 5.41) is 3.84. The van der Waals surface area contributed by atoms with Crippen LogP contribution in [-0.4, -0.2) is 11.5 Å². The molecular weight excluding hydrogens is 234 g/mol. The molecule has 0 radical (unpaired) electrons. The summed E-state index contributed by atoms with van der Waals surface area (Å²) < 4.78 is 26.3. The van der Waals surface area contributed by atoms with E-state index in [1.54, 1.807) is 0 Å². The Kier molecular flexibility index (Phi) is 3.75. The van der Waals surface area contributed by atoms with Crippen molar-refractivity contribution in [1.29, 1.82) is 0 Å². The van der Waals surface area contributed by atoms with Crippen molar-refractivity contribution in [2.24, 2.45) is 0 Å². The molecule has 1 N–H and O–H groups in total. The fourth-order valence-electron chi connectivity index (χ4n) is 1.88. The molecule has 0 bridgehead atoms. The maximum atomic E-state index is 13.2. The number of benzene rings is 1. The average Bonchev–Trinajstić information content (AvgIpc) is 2.37. The minimum atomic E-state index is -0.860. The second-order valence-electron chi connectivity index (χ2n) is 4.24. The molecule has 1 aromatic heterocycles. The van der Waals surface area contributed by atoms with E-state index in [0.29, 0.717) is 10.9 Å². The van der Waals surface area contributed by atoms with Crippen LogP contribution in [0.25, 0.3) is 10.9 Å². The summed E-state index contributed by atoms with van der Waals surface area (Å²) >= 11 is 0. The first-order valence-corrected chi connectivity index (χ1v) is 6.18. The number of hydrogen-bond acceptors (Lipinski definition) is 2. The van der Waals surface area contributed by atoms with E-state index in [0.717, 1.165) is 36.8 Å². The van der Waals surface area contributed by atoms with Crippen LogP contribution in [-0.2, 0) is 6.42 Å². The summed E-state index contributed by atoms with van der Waals surface area (Å²) in [5.41, 5.74) is 1.49. The minimum absolute atomic E-state index is 0.477. The Morgan fingerprint density at radius 2 is 1.83 bits per heavy atom. The third kappa shape index (κ3) is 2.42. The van der Waals surface area contributed by atoms with Crippen LogP contribution in [0.2, 0.25) is 0 Å². The number of aromatic nitrogens is 1. The van der Waals surface area contributed by atoms with E-state index in [-0.39, 0.29) is 0 Å². The molecule has 0 aliphatic carbocycles. The molecule has 0 fully saturated rings. The van der Waals surface area contributed by atoms with Gasteiger partial charge in [0, 0.05) is 18.0 Å². The van der Waals surface area contributed by atoms with Gasteiger partial charge in [-0.2, -0.15) is 0 Å². The predicted octanol–water partition coefficient (Wildman–Crippen LogP) is 3.90. The number of pyridine rings is 1. The van der Waals surface area contributed by atoms with Gasteiger partial charge in [-0.1, -0.05) is 13.8 Å². The quantitative estimate of drug-likeness (QED) is 0.890. The standard InChI is InChI=1S/C14H16F2N2/c1-3-5-17-14-9(4-2)6-10-7-11(15)12(16)8-13(10)18-14/h6-8H,3-5H2,1-2H3,(H,17,18). The molecule has 0 amide bonds. The highest BCUT2D eigenvalue weighted by Gasteiger charge is 2.09. The fourth-order valence-corrected chi connectivity index (χ4v) is 1.88. The van der Waals surface area contributed by atoms with Crippen LogP contribution < -0.4 is 5.32 Å². The molecule has 0 atom stereocenters.